The number of ether oxygens (including phenoxy) is 2. The van der Waals surface area contributed by atoms with Crippen molar-refractivity contribution < 1.29 is 47.7 Å². The zero-order valence-corrected chi connectivity index (χ0v) is 64.9. The van der Waals surface area contributed by atoms with Crippen molar-refractivity contribution in [3.8, 4) is 0 Å². The van der Waals surface area contributed by atoms with E-state index in [1.807, 2.05) is 65.8 Å². The Labute approximate surface area is 592 Å². The molecule has 13 nitrogen and oxygen atoms in total. The molecule has 7 N–H and O–H groups in total. The van der Waals surface area contributed by atoms with Crippen LogP contribution in [0.2, 0.25) is 15.1 Å². The minimum Gasteiger partial charge on any atom is -0.444 e. The van der Waals surface area contributed by atoms with E-state index in [1.54, 1.807) is 0 Å². The molecule has 3 aliphatic rings. The Bertz CT molecular complexity index is 3030. The van der Waals surface area contributed by atoms with Crippen molar-refractivity contribution in [2.45, 2.75) is 244 Å². The van der Waals surface area contributed by atoms with Gasteiger partial charge in [0.15, 0.2) is 0 Å². The molecule has 3 fully saturated rings. The standard InChI is InChI=1S/2C29H43NO4Si.C24H35NO2Si/c2*1-28(2,3)34-27(32)30-25(24-18-13-19-26(24)31)20-21-33-35(29(4,5)6,22-14-9-7-10-15-22)23-16-11-8-12-17-23;1-24(2,3)28(19-11-6-4-7-12-19,20-13-8-5-9-14-20)27-18-17-22(25)21-15-10-16-23(21)26/h2*7-12,14-17,24-26,31H,13,18-21H2,1-6H3,(H,30,32);4-9,11-14,21-23,26H,10,15-18,25H2,1-3H3/t24-,25+,26-;24-,25-,26-;21-,22?,23-/m111/s1. The summed E-state index contributed by atoms with van der Waals surface area (Å²) in [7, 11) is -7.81. The Kier molecular flexibility index (Phi) is 28.6. The van der Waals surface area contributed by atoms with E-state index in [9.17, 15) is 24.9 Å². The molecule has 0 spiro atoms. The molecule has 0 heterocycles. The van der Waals surface area contributed by atoms with Gasteiger partial charge in [-0.15, -0.1) is 0 Å². The van der Waals surface area contributed by atoms with Gasteiger partial charge in [0, 0.05) is 55.7 Å². The van der Waals surface area contributed by atoms with E-state index >= 15 is 0 Å². The first-order valence-electron chi connectivity index (χ1n) is 36.3. The maximum absolute atomic E-state index is 12.6. The smallest absolute Gasteiger partial charge is 0.407 e. The molecule has 0 radical (unpaired) electrons. The van der Waals surface area contributed by atoms with Gasteiger partial charge in [-0.1, -0.05) is 264 Å². The lowest BCUT2D eigenvalue weighted by Crippen LogP contribution is -2.66. The SMILES string of the molecule is CC(C)(C)OC(=O)N[C@@H](CCO[Si](c1ccccc1)(c1ccccc1)C(C)(C)C)[C@H]1CCC[C@H]1O.CC(C)(C)OC(=O)N[C@H](CCO[Si](c1ccccc1)(c1ccccc1)C(C)(C)C)[C@H]1CCC[C@H]1O.CC(C)(C)[Si](OCCC(N)[C@H]1CCC[C@H]1O)(c1ccccc1)c1ccccc1. The maximum Gasteiger partial charge on any atom is 0.407 e. The fraction of sp³-hybridized carbons (Fsp3) is 0.537. The molecule has 0 bridgehead atoms. The largest absolute Gasteiger partial charge is 0.444 e. The van der Waals surface area contributed by atoms with Crippen molar-refractivity contribution in [1.29, 1.82) is 0 Å². The van der Waals surface area contributed by atoms with Crippen LogP contribution in [0.4, 0.5) is 9.59 Å². The quantitative estimate of drug-likeness (QED) is 0.0335. The molecule has 1 unspecified atom stereocenters. The second kappa shape index (κ2) is 35.2. The number of hydrogen-bond acceptors (Lipinski definition) is 11. The van der Waals surface area contributed by atoms with E-state index < -0.39 is 60.5 Å². The molecule has 0 aliphatic heterocycles. The summed E-state index contributed by atoms with van der Waals surface area (Å²) >= 11 is 0. The molecule has 98 heavy (non-hydrogen) atoms. The minimum absolute atomic E-state index is 0.00397. The van der Waals surface area contributed by atoms with Crippen LogP contribution in [0.1, 0.15) is 181 Å². The highest BCUT2D eigenvalue weighted by Crippen LogP contribution is 2.41. The second-order valence-electron chi connectivity index (χ2n) is 32.6. The van der Waals surface area contributed by atoms with Gasteiger partial charge in [0.25, 0.3) is 25.0 Å². The highest BCUT2D eigenvalue weighted by atomic mass is 28.4. The van der Waals surface area contributed by atoms with Gasteiger partial charge in [-0.25, -0.2) is 9.59 Å². The predicted molar refractivity (Wildman–Crippen MR) is 409 cm³/mol. The van der Waals surface area contributed by atoms with Gasteiger partial charge >= 0.3 is 12.2 Å². The molecule has 9 rings (SSSR count). The Morgan fingerprint density at radius 2 is 0.602 bits per heavy atom. The van der Waals surface area contributed by atoms with Crippen LogP contribution in [-0.2, 0) is 22.8 Å². The minimum atomic E-state index is -2.66. The van der Waals surface area contributed by atoms with Crippen LogP contribution in [0, 0.1) is 17.8 Å². The van der Waals surface area contributed by atoms with Gasteiger partial charge in [0.2, 0.25) is 0 Å². The highest BCUT2D eigenvalue weighted by molar-refractivity contribution is 7.00. The van der Waals surface area contributed by atoms with Crippen LogP contribution in [0.3, 0.4) is 0 Å². The third kappa shape index (κ3) is 20.7. The Balaban J connectivity index is 0.000000208. The lowest BCUT2D eigenvalue weighted by atomic mass is 9.94. The molecule has 6 aromatic carbocycles. The molecule has 16 heteroatoms. The summed E-state index contributed by atoms with van der Waals surface area (Å²) in [5.41, 5.74) is 5.31. The second-order valence-corrected chi connectivity index (χ2v) is 45.5. The molecule has 6 aromatic rings. The monoisotopic (exact) mass is 1390 g/mol. The number of carbonyl (C=O) groups excluding carboxylic acids is 2. The van der Waals surface area contributed by atoms with Gasteiger partial charge in [-0.2, -0.15) is 0 Å². The van der Waals surface area contributed by atoms with E-state index in [4.69, 9.17) is 28.5 Å². The first-order chi connectivity index (χ1) is 46.2. The number of nitrogens with two attached hydrogens (primary N) is 1. The molecule has 536 valence electrons. The lowest BCUT2D eigenvalue weighted by molar-refractivity contribution is 0.0408. The number of carbonyl (C=O) groups is 2. The summed E-state index contributed by atoms with van der Waals surface area (Å²) in [4.78, 5) is 25.3. The van der Waals surface area contributed by atoms with Crippen LogP contribution >= 0.6 is 0 Å². The van der Waals surface area contributed by atoms with E-state index in [-0.39, 0.29) is 57.1 Å². The Morgan fingerprint density at radius 3 is 0.806 bits per heavy atom. The van der Waals surface area contributed by atoms with E-state index in [2.05, 4.69) is 231 Å². The van der Waals surface area contributed by atoms with Crippen LogP contribution < -0.4 is 47.5 Å². The maximum atomic E-state index is 12.6. The van der Waals surface area contributed by atoms with Crippen molar-refractivity contribution in [3.63, 3.8) is 0 Å². The molecular weight excluding hydrogens is 1270 g/mol. The van der Waals surface area contributed by atoms with Crippen molar-refractivity contribution in [3.05, 3.63) is 182 Å². The summed E-state index contributed by atoms with van der Waals surface area (Å²) in [5.74, 6) is 0.221. The Hall–Kier alpha value is -5.77. The molecule has 2 amide bonds. The highest BCUT2D eigenvalue weighted by Gasteiger charge is 2.53. The lowest BCUT2D eigenvalue weighted by Gasteiger charge is -2.43. The van der Waals surface area contributed by atoms with Crippen molar-refractivity contribution in [1.82, 2.24) is 10.6 Å². The molecule has 0 aromatic heterocycles. The summed E-state index contributed by atoms with van der Waals surface area (Å²) in [6.45, 7) is 33.2. The number of rotatable bonds is 23. The third-order valence-corrected chi connectivity index (χ3v) is 35.2. The van der Waals surface area contributed by atoms with Crippen molar-refractivity contribution in [2.75, 3.05) is 19.8 Å². The van der Waals surface area contributed by atoms with Gasteiger partial charge in [-0.3, -0.25) is 0 Å². The topological polar surface area (TPSA) is 191 Å². The first-order valence-corrected chi connectivity index (χ1v) is 42.0. The fourth-order valence-electron chi connectivity index (χ4n) is 15.6. The fourth-order valence-corrected chi connectivity index (χ4v) is 29.3. The summed E-state index contributed by atoms with van der Waals surface area (Å²) in [6.07, 6.45) is 8.31. The van der Waals surface area contributed by atoms with Gasteiger partial charge in [-0.05, 0) is 146 Å². The number of hydrogen-bond donors (Lipinski definition) is 6. The van der Waals surface area contributed by atoms with Crippen LogP contribution in [0.25, 0.3) is 0 Å². The van der Waals surface area contributed by atoms with E-state index in [0.29, 0.717) is 32.7 Å². The molecule has 9 atom stereocenters. The van der Waals surface area contributed by atoms with Gasteiger partial charge in [0.1, 0.15) is 11.2 Å². The number of nitrogens with one attached hydrogen (secondary N) is 2. The van der Waals surface area contributed by atoms with Crippen LogP contribution in [0.15, 0.2) is 182 Å². The van der Waals surface area contributed by atoms with Crippen LogP contribution in [0.5, 0.6) is 0 Å². The number of alkyl carbamates (subject to hydrolysis) is 2. The van der Waals surface area contributed by atoms with Gasteiger partial charge < -0.3 is 54.4 Å². The van der Waals surface area contributed by atoms with Crippen molar-refractivity contribution in [2.24, 2.45) is 23.5 Å². The zero-order valence-electron chi connectivity index (χ0n) is 61.9. The summed E-state index contributed by atoms with van der Waals surface area (Å²) in [6, 6.07) is 63.2. The Morgan fingerprint density at radius 1 is 0.378 bits per heavy atom. The molecule has 0 saturated heterocycles. The third-order valence-electron chi connectivity index (χ3n) is 20.1. The van der Waals surface area contributed by atoms with Crippen molar-refractivity contribution >= 4 is 68.3 Å². The predicted octanol–water partition coefficient (Wildman–Crippen LogP) is 13.5. The van der Waals surface area contributed by atoms with Crippen LogP contribution in [-0.4, -0.2) is 120 Å². The molecular formula is C82H121N3O10Si3. The number of aliphatic hydroxyl groups excluding tert-OH is 3. The summed E-state index contributed by atoms with van der Waals surface area (Å²) < 4.78 is 32.1. The average molecular weight is 1390 g/mol. The van der Waals surface area contributed by atoms with Gasteiger partial charge in [0.05, 0.1) is 18.3 Å². The average Bonchev–Trinajstić information content (AvgIpc) is 0.978. The first kappa shape index (κ1) is 79.6. The van der Waals surface area contributed by atoms with E-state index in [1.165, 1.54) is 31.1 Å². The van der Waals surface area contributed by atoms with E-state index in [0.717, 1.165) is 64.2 Å². The normalized spacial score (nSPS) is 20.4. The zero-order chi connectivity index (χ0) is 71.6. The molecule has 3 saturated carbocycles. The summed E-state index contributed by atoms with van der Waals surface area (Å²) in [5, 5.41) is 44.8. The number of amides is 2. The molecule has 3 aliphatic carbocycles. The number of benzene rings is 6. The number of aliphatic hydroxyl groups is 3.